The van der Waals surface area contributed by atoms with E-state index in [1.165, 1.54) is 5.56 Å². The lowest BCUT2D eigenvalue weighted by molar-refractivity contribution is 0.0923. The summed E-state index contributed by atoms with van der Waals surface area (Å²) in [5.74, 6) is -0.244. The van der Waals surface area contributed by atoms with E-state index in [4.69, 9.17) is 5.10 Å². The van der Waals surface area contributed by atoms with Crippen LogP contribution in [0, 0.1) is 6.92 Å². The monoisotopic (exact) mass is 363 g/mol. The van der Waals surface area contributed by atoms with Crippen molar-refractivity contribution < 1.29 is 9.90 Å². The molecule has 0 aliphatic carbocycles. The van der Waals surface area contributed by atoms with Gasteiger partial charge in [0.05, 0.1) is 17.9 Å². The van der Waals surface area contributed by atoms with Crippen LogP contribution in [0.25, 0.3) is 16.9 Å². The van der Waals surface area contributed by atoms with Crippen LogP contribution < -0.4 is 5.32 Å². The lowest BCUT2D eigenvalue weighted by Crippen LogP contribution is -2.35. The average Bonchev–Trinajstić information content (AvgIpc) is 3.13. The second kappa shape index (κ2) is 8.18. The maximum Gasteiger partial charge on any atom is 0.255 e. The lowest BCUT2D eigenvalue weighted by atomic mass is 10.0. The molecule has 27 heavy (non-hydrogen) atoms. The highest BCUT2D eigenvalue weighted by Crippen LogP contribution is 2.25. The van der Waals surface area contributed by atoms with Gasteiger partial charge in [-0.05, 0) is 37.5 Å². The fourth-order valence-corrected chi connectivity index (χ4v) is 2.94. The Hall–Kier alpha value is -2.92. The first-order chi connectivity index (χ1) is 13.0. The van der Waals surface area contributed by atoms with Crippen LogP contribution in [0.15, 0.2) is 54.7 Å². The highest BCUT2D eigenvalue weighted by atomic mass is 16.3. The third-order valence-corrected chi connectivity index (χ3v) is 4.61. The van der Waals surface area contributed by atoms with Gasteiger partial charge in [-0.3, -0.25) is 4.79 Å². The van der Waals surface area contributed by atoms with Gasteiger partial charge in [0.15, 0.2) is 0 Å². The number of rotatable bonds is 6. The smallest absolute Gasteiger partial charge is 0.255 e. The number of carbonyl (C=O) groups excluding carboxylic acids is 1. The molecule has 2 N–H and O–H groups in total. The van der Waals surface area contributed by atoms with Crippen LogP contribution in [-0.4, -0.2) is 33.4 Å². The van der Waals surface area contributed by atoms with Crippen molar-refractivity contribution in [2.75, 3.05) is 6.61 Å². The molecular weight excluding hydrogens is 338 g/mol. The molecule has 1 aromatic heterocycles. The molecule has 1 atom stereocenters. The van der Waals surface area contributed by atoms with Crippen LogP contribution in [0.3, 0.4) is 0 Å². The van der Waals surface area contributed by atoms with Crippen molar-refractivity contribution in [2.45, 2.75) is 33.2 Å². The first kappa shape index (κ1) is 18.9. The predicted molar refractivity (Wildman–Crippen MR) is 107 cm³/mol. The minimum absolute atomic E-state index is 0.113. The van der Waals surface area contributed by atoms with E-state index in [2.05, 4.69) is 24.4 Å². The van der Waals surface area contributed by atoms with Crippen LogP contribution in [0.5, 0.6) is 0 Å². The zero-order valence-corrected chi connectivity index (χ0v) is 15.9. The fraction of sp³-hybridized carbons (Fsp3) is 0.273. The number of aliphatic hydroxyl groups is 1. The molecule has 1 heterocycles. The van der Waals surface area contributed by atoms with Crippen molar-refractivity contribution in [3.8, 4) is 16.9 Å². The van der Waals surface area contributed by atoms with Crippen molar-refractivity contribution in [3.05, 3.63) is 71.4 Å². The molecule has 3 aromatic rings. The van der Waals surface area contributed by atoms with E-state index in [1.54, 1.807) is 17.8 Å². The van der Waals surface area contributed by atoms with Crippen molar-refractivity contribution in [1.82, 2.24) is 15.1 Å². The molecule has 3 rings (SSSR count). The second-order valence-electron chi connectivity index (χ2n) is 6.73. The molecule has 140 valence electrons. The number of amides is 1. The SMILES string of the molecule is CCc1ccc(-c2nn(-c3ccccc3C)cc2C(=O)NC(C)CO)cc1. The topological polar surface area (TPSA) is 67.2 Å². The number of para-hydroxylation sites is 1. The first-order valence-electron chi connectivity index (χ1n) is 9.20. The van der Waals surface area contributed by atoms with Crippen LogP contribution in [0.4, 0.5) is 0 Å². The maximum atomic E-state index is 12.8. The number of nitrogens with zero attached hydrogens (tertiary/aromatic N) is 2. The van der Waals surface area contributed by atoms with Gasteiger partial charge in [-0.1, -0.05) is 49.4 Å². The van der Waals surface area contributed by atoms with E-state index < -0.39 is 0 Å². The minimum Gasteiger partial charge on any atom is -0.394 e. The summed E-state index contributed by atoms with van der Waals surface area (Å²) in [5.41, 5.74) is 5.24. The van der Waals surface area contributed by atoms with Crippen molar-refractivity contribution in [1.29, 1.82) is 0 Å². The van der Waals surface area contributed by atoms with Gasteiger partial charge in [0.25, 0.3) is 5.91 Å². The molecular formula is C22H25N3O2. The van der Waals surface area contributed by atoms with Crippen molar-refractivity contribution >= 4 is 5.91 Å². The van der Waals surface area contributed by atoms with E-state index in [-0.39, 0.29) is 18.6 Å². The summed E-state index contributed by atoms with van der Waals surface area (Å²) in [4.78, 5) is 12.8. The summed E-state index contributed by atoms with van der Waals surface area (Å²) in [6.45, 7) is 5.77. The fourth-order valence-electron chi connectivity index (χ4n) is 2.94. The molecule has 1 unspecified atom stereocenters. The number of hydrogen-bond acceptors (Lipinski definition) is 3. The Morgan fingerprint density at radius 3 is 2.52 bits per heavy atom. The number of aromatic nitrogens is 2. The second-order valence-corrected chi connectivity index (χ2v) is 6.73. The zero-order valence-electron chi connectivity index (χ0n) is 15.9. The van der Waals surface area contributed by atoms with Crippen LogP contribution in [0.2, 0.25) is 0 Å². The van der Waals surface area contributed by atoms with Gasteiger partial charge >= 0.3 is 0 Å². The summed E-state index contributed by atoms with van der Waals surface area (Å²) in [7, 11) is 0. The van der Waals surface area contributed by atoms with Gasteiger partial charge in [-0.15, -0.1) is 0 Å². The quantitative estimate of drug-likeness (QED) is 0.704. The Balaban J connectivity index is 2.08. The molecule has 5 heteroatoms. The highest BCUT2D eigenvalue weighted by molar-refractivity contribution is 6.00. The molecule has 0 radical (unpaired) electrons. The number of hydrogen-bond donors (Lipinski definition) is 2. The average molecular weight is 363 g/mol. The standard InChI is InChI=1S/C22H25N3O2/c1-4-17-9-11-18(12-10-17)21-19(22(27)23-16(3)14-26)13-25(24-21)20-8-6-5-7-15(20)2/h5-13,16,26H,4,14H2,1-3H3,(H,23,27). The van der Waals surface area contributed by atoms with Crippen LogP contribution >= 0.6 is 0 Å². The summed E-state index contributed by atoms with van der Waals surface area (Å²) in [6.07, 6.45) is 2.71. The Kier molecular flexibility index (Phi) is 5.72. The van der Waals surface area contributed by atoms with E-state index in [9.17, 15) is 9.90 Å². The van der Waals surface area contributed by atoms with Gasteiger partial charge in [-0.25, -0.2) is 4.68 Å². The van der Waals surface area contributed by atoms with Crippen molar-refractivity contribution in [2.24, 2.45) is 0 Å². The molecule has 0 spiro atoms. The molecule has 1 amide bonds. The predicted octanol–water partition coefficient (Wildman–Crippen LogP) is 3.52. The number of nitrogens with one attached hydrogen (secondary N) is 1. The third-order valence-electron chi connectivity index (χ3n) is 4.61. The van der Waals surface area contributed by atoms with Gasteiger partial charge in [0, 0.05) is 17.8 Å². The van der Waals surface area contributed by atoms with Gasteiger partial charge in [-0.2, -0.15) is 5.10 Å². The van der Waals surface area contributed by atoms with Gasteiger partial charge < -0.3 is 10.4 Å². The lowest BCUT2D eigenvalue weighted by Gasteiger charge is -2.10. The Bertz CT molecular complexity index is 929. The maximum absolute atomic E-state index is 12.8. The van der Waals surface area contributed by atoms with Gasteiger partial charge in [0.1, 0.15) is 5.69 Å². The number of aliphatic hydroxyl groups excluding tert-OH is 1. The molecule has 0 aliphatic heterocycles. The molecule has 0 saturated heterocycles. The van der Waals surface area contributed by atoms with Gasteiger partial charge in [0.2, 0.25) is 0 Å². The summed E-state index contributed by atoms with van der Waals surface area (Å²) >= 11 is 0. The Labute approximate surface area is 159 Å². The number of aryl methyl sites for hydroxylation is 2. The molecule has 0 bridgehead atoms. The van der Waals surface area contributed by atoms with Crippen LogP contribution in [-0.2, 0) is 6.42 Å². The largest absolute Gasteiger partial charge is 0.394 e. The third kappa shape index (κ3) is 4.09. The molecule has 0 aliphatic rings. The van der Waals surface area contributed by atoms with E-state index in [0.717, 1.165) is 23.2 Å². The van der Waals surface area contributed by atoms with E-state index >= 15 is 0 Å². The highest BCUT2D eigenvalue weighted by Gasteiger charge is 2.20. The number of carbonyl (C=O) groups is 1. The van der Waals surface area contributed by atoms with Crippen molar-refractivity contribution in [3.63, 3.8) is 0 Å². The normalized spacial score (nSPS) is 12.0. The minimum atomic E-state index is -0.324. The van der Waals surface area contributed by atoms with E-state index in [0.29, 0.717) is 11.3 Å². The molecule has 0 fully saturated rings. The molecule has 5 nitrogen and oxygen atoms in total. The summed E-state index contributed by atoms with van der Waals surface area (Å²) in [6, 6.07) is 15.7. The molecule has 0 saturated carbocycles. The first-order valence-corrected chi connectivity index (χ1v) is 9.20. The van der Waals surface area contributed by atoms with Crippen LogP contribution in [0.1, 0.15) is 35.3 Å². The number of benzene rings is 2. The summed E-state index contributed by atoms with van der Waals surface area (Å²) in [5, 5.41) is 16.8. The Morgan fingerprint density at radius 2 is 1.89 bits per heavy atom. The zero-order chi connectivity index (χ0) is 19.4. The Morgan fingerprint density at radius 1 is 1.19 bits per heavy atom. The summed E-state index contributed by atoms with van der Waals surface area (Å²) < 4.78 is 1.75. The molecule has 2 aromatic carbocycles. The van der Waals surface area contributed by atoms with E-state index in [1.807, 2.05) is 43.3 Å².